The van der Waals surface area contributed by atoms with Gasteiger partial charge < -0.3 is 18.9 Å². The van der Waals surface area contributed by atoms with Crippen LogP contribution in [0.5, 0.6) is 17.2 Å². The van der Waals surface area contributed by atoms with E-state index in [1.165, 1.54) is 0 Å². The van der Waals surface area contributed by atoms with E-state index in [0.29, 0.717) is 55.6 Å². The monoisotopic (exact) mass is 488 g/mol. The second-order valence-electron chi connectivity index (χ2n) is 7.18. The zero-order valence-corrected chi connectivity index (χ0v) is 18.8. The highest BCUT2D eigenvalue weighted by molar-refractivity contribution is 6.36. The van der Waals surface area contributed by atoms with Crippen molar-refractivity contribution >= 4 is 46.7 Å². The van der Waals surface area contributed by atoms with E-state index >= 15 is 0 Å². The molecule has 2 aliphatic rings. The average molecular weight is 490 g/mol. The van der Waals surface area contributed by atoms with E-state index in [4.69, 9.17) is 53.8 Å². The van der Waals surface area contributed by atoms with Gasteiger partial charge in [0.15, 0.2) is 12.6 Å². The third-order valence-electron chi connectivity index (χ3n) is 5.08. The fourth-order valence-corrected chi connectivity index (χ4v) is 4.30. The molecule has 0 radical (unpaired) electrons. The standard InChI is InChI=1S/C24H15Cl3O5/c25-15-6-13(24-14(7-15)10-29-12-31-24)8-22-23(28)17-5-4-16(9-21(17)32-22)30-11-18-19(26)2-1-3-20(18)27/h1-9H,10-12H2. The summed E-state index contributed by atoms with van der Waals surface area (Å²) in [4.78, 5) is 12.9. The zero-order chi connectivity index (χ0) is 22.2. The summed E-state index contributed by atoms with van der Waals surface area (Å²) in [7, 11) is 0. The van der Waals surface area contributed by atoms with Gasteiger partial charge in [-0.3, -0.25) is 4.79 Å². The predicted octanol–water partition coefficient (Wildman–Crippen LogP) is 6.71. The lowest BCUT2D eigenvalue weighted by Gasteiger charge is -2.20. The molecule has 2 aliphatic heterocycles. The topological polar surface area (TPSA) is 54.0 Å². The maximum absolute atomic E-state index is 12.9. The number of carbonyl (C=O) groups excluding carboxylic acids is 1. The Morgan fingerprint density at radius 3 is 2.66 bits per heavy atom. The van der Waals surface area contributed by atoms with Gasteiger partial charge in [-0.1, -0.05) is 40.9 Å². The molecule has 3 aromatic rings. The van der Waals surface area contributed by atoms with E-state index in [9.17, 15) is 4.79 Å². The molecule has 5 rings (SSSR count). The average Bonchev–Trinajstić information content (AvgIpc) is 3.08. The first kappa shape index (κ1) is 21.2. The molecule has 0 unspecified atom stereocenters. The van der Waals surface area contributed by atoms with E-state index in [0.717, 1.165) is 5.56 Å². The number of ether oxygens (including phenoxy) is 4. The van der Waals surface area contributed by atoms with E-state index in [2.05, 4.69) is 0 Å². The lowest BCUT2D eigenvalue weighted by atomic mass is 10.1. The van der Waals surface area contributed by atoms with E-state index < -0.39 is 0 Å². The number of ketones is 1. The van der Waals surface area contributed by atoms with Gasteiger partial charge in [0.05, 0.1) is 12.2 Å². The summed E-state index contributed by atoms with van der Waals surface area (Å²) < 4.78 is 22.6. The van der Waals surface area contributed by atoms with Gasteiger partial charge in [0.2, 0.25) is 5.78 Å². The van der Waals surface area contributed by atoms with Gasteiger partial charge in [-0.15, -0.1) is 0 Å². The largest absolute Gasteiger partial charge is 0.489 e. The molecule has 8 heteroatoms. The minimum absolute atomic E-state index is 0.135. The van der Waals surface area contributed by atoms with Gasteiger partial charge in [-0.25, -0.2) is 0 Å². The maximum Gasteiger partial charge on any atom is 0.231 e. The van der Waals surface area contributed by atoms with Crippen molar-refractivity contribution in [1.29, 1.82) is 0 Å². The van der Waals surface area contributed by atoms with Crippen LogP contribution in [-0.2, 0) is 18.0 Å². The van der Waals surface area contributed by atoms with Crippen LogP contribution in [0.2, 0.25) is 15.1 Å². The van der Waals surface area contributed by atoms with Crippen molar-refractivity contribution in [3.05, 3.63) is 91.6 Å². The number of allylic oxidation sites excluding steroid dienone is 1. The van der Waals surface area contributed by atoms with Crippen molar-refractivity contribution < 1.29 is 23.7 Å². The molecular weight excluding hydrogens is 475 g/mol. The molecule has 0 fully saturated rings. The Morgan fingerprint density at radius 2 is 1.84 bits per heavy atom. The molecule has 3 aromatic carbocycles. The highest BCUT2D eigenvalue weighted by Gasteiger charge is 2.29. The highest BCUT2D eigenvalue weighted by atomic mass is 35.5. The number of hydrogen-bond acceptors (Lipinski definition) is 5. The van der Waals surface area contributed by atoms with Crippen LogP contribution in [0.1, 0.15) is 27.0 Å². The number of halogens is 3. The molecule has 0 saturated carbocycles. The Hall–Kier alpha value is -2.70. The smallest absolute Gasteiger partial charge is 0.231 e. The second kappa shape index (κ2) is 8.68. The molecule has 0 N–H and O–H groups in total. The molecule has 0 bridgehead atoms. The number of benzene rings is 3. The Balaban J connectivity index is 1.39. The number of Topliss-reactive ketones (excluding diaryl/α,β-unsaturated/α-hetero) is 1. The van der Waals surface area contributed by atoms with Crippen LogP contribution in [0.3, 0.4) is 0 Å². The molecule has 0 aromatic heterocycles. The normalized spacial score (nSPS) is 15.7. The predicted molar refractivity (Wildman–Crippen MR) is 122 cm³/mol. The SMILES string of the molecule is O=C1C(=Cc2cc(Cl)cc3c2OCOC3)Oc2cc(OCc3c(Cl)cccc3Cl)ccc21. The summed E-state index contributed by atoms with van der Waals surface area (Å²) in [5, 5.41) is 1.56. The lowest BCUT2D eigenvalue weighted by molar-refractivity contribution is -0.0165. The zero-order valence-electron chi connectivity index (χ0n) is 16.5. The van der Waals surface area contributed by atoms with Gasteiger partial charge in [0.1, 0.15) is 23.9 Å². The van der Waals surface area contributed by atoms with Crippen LogP contribution in [0.15, 0.2) is 54.3 Å². The van der Waals surface area contributed by atoms with Gasteiger partial charge >= 0.3 is 0 Å². The summed E-state index contributed by atoms with van der Waals surface area (Å²) in [6, 6.07) is 13.8. The van der Waals surface area contributed by atoms with Gasteiger partial charge in [0, 0.05) is 37.8 Å². The van der Waals surface area contributed by atoms with Gasteiger partial charge in [0.25, 0.3) is 0 Å². The van der Waals surface area contributed by atoms with Crippen LogP contribution in [0.4, 0.5) is 0 Å². The fraction of sp³-hybridized carbons (Fsp3) is 0.125. The van der Waals surface area contributed by atoms with Crippen molar-refractivity contribution in [2.45, 2.75) is 13.2 Å². The number of carbonyl (C=O) groups is 1. The van der Waals surface area contributed by atoms with Crippen molar-refractivity contribution in [2.75, 3.05) is 6.79 Å². The lowest BCUT2D eigenvalue weighted by Crippen LogP contribution is -2.12. The first-order chi connectivity index (χ1) is 15.5. The summed E-state index contributed by atoms with van der Waals surface area (Å²) in [5.74, 6) is 1.49. The van der Waals surface area contributed by atoms with Gasteiger partial charge in [-0.05, 0) is 42.5 Å². The molecule has 32 heavy (non-hydrogen) atoms. The minimum atomic E-state index is -0.235. The Kier molecular flexibility index (Phi) is 5.74. The summed E-state index contributed by atoms with van der Waals surface area (Å²) in [6.07, 6.45) is 1.63. The van der Waals surface area contributed by atoms with Crippen LogP contribution in [-0.4, -0.2) is 12.6 Å². The van der Waals surface area contributed by atoms with Crippen LogP contribution in [0.25, 0.3) is 6.08 Å². The van der Waals surface area contributed by atoms with E-state index in [-0.39, 0.29) is 24.9 Å². The van der Waals surface area contributed by atoms with Crippen molar-refractivity contribution in [2.24, 2.45) is 0 Å². The van der Waals surface area contributed by atoms with Crippen molar-refractivity contribution in [3.63, 3.8) is 0 Å². The molecule has 0 spiro atoms. The fourth-order valence-electron chi connectivity index (χ4n) is 3.54. The molecule has 2 heterocycles. The third kappa shape index (κ3) is 4.05. The van der Waals surface area contributed by atoms with Gasteiger partial charge in [-0.2, -0.15) is 0 Å². The number of hydrogen-bond donors (Lipinski definition) is 0. The quantitative estimate of drug-likeness (QED) is 0.381. The van der Waals surface area contributed by atoms with Crippen LogP contribution in [0, 0.1) is 0 Å². The minimum Gasteiger partial charge on any atom is -0.489 e. The Labute approximate surface area is 199 Å². The molecule has 0 saturated heterocycles. The third-order valence-corrected chi connectivity index (χ3v) is 6.00. The Morgan fingerprint density at radius 1 is 1.03 bits per heavy atom. The van der Waals surface area contributed by atoms with E-state index in [1.54, 1.807) is 54.6 Å². The first-order valence-electron chi connectivity index (χ1n) is 9.66. The molecule has 5 nitrogen and oxygen atoms in total. The molecule has 0 amide bonds. The first-order valence-corrected chi connectivity index (χ1v) is 10.8. The number of rotatable bonds is 4. The highest BCUT2D eigenvalue weighted by Crippen LogP contribution is 2.38. The summed E-state index contributed by atoms with van der Waals surface area (Å²) in [6.45, 7) is 0.704. The van der Waals surface area contributed by atoms with Crippen molar-refractivity contribution in [3.8, 4) is 17.2 Å². The summed E-state index contributed by atoms with van der Waals surface area (Å²) >= 11 is 18.6. The van der Waals surface area contributed by atoms with Crippen LogP contribution >= 0.6 is 34.8 Å². The molecule has 0 atom stereocenters. The summed E-state index contributed by atoms with van der Waals surface area (Å²) in [5.41, 5.74) is 2.59. The molecule has 0 aliphatic carbocycles. The van der Waals surface area contributed by atoms with E-state index in [1.807, 2.05) is 0 Å². The number of fused-ring (bicyclic) bond motifs is 2. The van der Waals surface area contributed by atoms with Crippen molar-refractivity contribution in [1.82, 2.24) is 0 Å². The Bertz CT molecular complexity index is 1250. The molecular formula is C24H15Cl3O5. The second-order valence-corrected chi connectivity index (χ2v) is 8.43. The molecule has 162 valence electrons. The van der Waals surface area contributed by atoms with Crippen LogP contribution < -0.4 is 14.2 Å². The maximum atomic E-state index is 12.9.